The molecule has 0 N–H and O–H groups in total. The number of anilines is 12. The number of fused-ring (bicyclic) bond motifs is 9. The maximum atomic E-state index is 14.8. The average molecular weight is 1880 g/mol. The Morgan fingerprint density at radius 1 is 0.250 bits per heavy atom. The van der Waals surface area contributed by atoms with E-state index in [1.165, 1.54) is 0 Å². The van der Waals surface area contributed by atoms with E-state index in [0.717, 1.165) is 233 Å². The number of hydrogen-bond donors (Lipinski definition) is 0. The predicted molar refractivity (Wildman–Crippen MR) is 572 cm³/mol. The van der Waals surface area contributed by atoms with Crippen molar-refractivity contribution in [2.45, 2.75) is 26.7 Å². The van der Waals surface area contributed by atoms with Crippen molar-refractivity contribution < 1.29 is 52.2 Å². The Bertz CT molecular complexity index is 7080. The molecule has 16 aromatic carbocycles. The Labute approximate surface area is 820 Å². The zero-order chi connectivity index (χ0) is 95.8. The van der Waals surface area contributed by atoms with Gasteiger partial charge in [-0.05, 0) is 385 Å². The fourth-order valence-corrected chi connectivity index (χ4v) is 21.2. The fourth-order valence-electron chi connectivity index (χ4n) is 19.2. The normalized spacial score (nSPS) is 11.5. The van der Waals surface area contributed by atoms with Gasteiger partial charge < -0.3 is 71.4 Å². The molecule has 0 unspecified atom stereocenters. The first-order valence-electron chi connectivity index (χ1n) is 46.4. The van der Waals surface area contributed by atoms with E-state index >= 15 is 0 Å². The van der Waals surface area contributed by atoms with Crippen LogP contribution in [0.4, 0.5) is 68.2 Å². The van der Waals surface area contributed by atoms with Crippen molar-refractivity contribution >= 4 is 152 Å². The average Bonchev–Trinajstić information content (AvgIpc) is 1.58. The predicted octanol–water partition coefficient (Wildman–Crippen LogP) is 31.3. The third-order valence-electron chi connectivity index (χ3n) is 26.1. The van der Waals surface area contributed by atoms with E-state index in [0.29, 0.717) is 12.0 Å². The Balaban J connectivity index is 0.611. The summed E-state index contributed by atoms with van der Waals surface area (Å²) in [5.74, 6) is 5.20. The lowest BCUT2D eigenvalue weighted by atomic mass is 9.92. The molecule has 0 fully saturated rings. The quantitative estimate of drug-likeness (QED) is 0.0176. The first-order chi connectivity index (χ1) is 68.7. The summed E-state index contributed by atoms with van der Waals surface area (Å²) in [5, 5.41) is 4.19. The van der Waals surface area contributed by atoms with Gasteiger partial charge >= 0.3 is 5.97 Å². The van der Waals surface area contributed by atoms with E-state index < -0.39 is 5.97 Å². The Kier molecular flexibility index (Phi) is 24.7. The molecule has 0 aliphatic heterocycles. The summed E-state index contributed by atoms with van der Waals surface area (Å²) in [6, 6.07) is 131. The van der Waals surface area contributed by atoms with Crippen molar-refractivity contribution in [1.82, 2.24) is 9.13 Å². The lowest BCUT2D eigenvalue weighted by Gasteiger charge is -2.26. The lowest BCUT2D eigenvalue weighted by molar-refractivity contribution is -0.140. The van der Waals surface area contributed by atoms with Crippen LogP contribution in [0.1, 0.15) is 37.8 Å². The summed E-state index contributed by atoms with van der Waals surface area (Å²) in [5.41, 5.74) is 25.7. The summed E-state index contributed by atoms with van der Waals surface area (Å²) in [4.78, 5) is 42.8. The van der Waals surface area contributed by atoms with Crippen LogP contribution in [0.25, 0.3) is 113 Å². The highest BCUT2D eigenvalue weighted by Gasteiger charge is 2.35. The van der Waals surface area contributed by atoms with Gasteiger partial charge in [-0.1, -0.05) is 55.5 Å². The lowest BCUT2D eigenvalue weighted by Crippen LogP contribution is -2.18. The molecule has 1 aliphatic carbocycles. The molecule has 21 rings (SSSR count). The smallest absolute Gasteiger partial charge is 0.342 e. The van der Waals surface area contributed by atoms with Gasteiger partial charge in [0.2, 0.25) is 0 Å². The van der Waals surface area contributed by atoms with Gasteiger partial charge in [-0.25, -0.2) is 4.79 Å². The number of aromatic nitrogens is 2. The van der Waals surface area contributed by atoms with Crippen LogP contribution in [-0.4, -0.2) is 84.4 Å². The summed E-state index contributed by atoms with van der Waals surface area (Å²) >= 11 is 3.39. The maximum Gasteiger partial charge on any atom is 0.342 e. The molecular weight excluding hydrogens is 1780 g/mol. The minimum atomic E-state index is -0.630. The first kappa shape index (κ1) is 89.5. The topological polar surface area (TPSA) is 140 Å². The number of methoxy groups -OCH3 is 8. The van der Waals surface area contributed by atoms with Gasteiger partial charge in [-0.15, -0.1) is 22.7 Å². The number of nitrogens with zero attached hydrogens (tertiary/aromatic N) is 6. The molecular formula is C121H98N6O11S2. The van der Waals surface area contributed by atoms with Crippen molar-refractivity contribution in [2.24, 2.45) is 0 Å². The number of ether oxygens (including phenoxy) is 9. The standard InChI is InChI=1S/C121H98N6O11S2/c1-11-13-114(128)120(121(129)138-12-2)119-108-70-78(117-68-66-115(139-117)76-14-20-88(21-15-76)126-110-62-40-90(122(80-24-44-94(130-3)45-25-80)81-26-46-95(131-4)47-27-81)72-104(110)105-73-91(41-63-111(105)126)123(82-28-48-96(132-5)49-29-82)83-30-50-97(133-6)51-31-83)18-60-102(108)103-61-19-79(71-109(103)119)118-69-67-116(140-118)77-16-22-89(23-17-77)127-112-64-42-92(124(84-32-52-98(134-7)53-33-84)85-34-54-99(135-8)55-35-85)74-106(112)107-75-93(43-65-113(107)127)125(86-36-56-100(136-9)57-37-86)87-38-58-101(137-10)59-39-87/h14-75H,11-13H2,1-10H3. The fraction of sp³-hybridized carbons (Fsp3) is 0.107. The monoisotopic (exact) mass is 1870 g/mol. The molecule has 140 heavy (non-hydrogen) atoms. The van der Waals surface area contributed by atoms with Gasteiger partial charge in [0.05, 0.1) is 85.6 Å². The third kappa shape index (κ3) is 16.9. The number of ketones is 1. The number of thiophene rings is 2. The molecule has 0 saturated heterocycles. The minimum Gasteiger partial charge on any atom is -0.497 e. The van der Waals surface area contributed by atoms with Crippen molar-refractivity contribution in [1.29, 1.82) is 0 Å². The van der Waals surface area contributed by atoms with Gasteiger partial charge in [0.1, 0.15) is 51.6 Å². The molecule has 19 heteroatoms. The molecule has 0 radical (unpaired) electrons. The number of carbonyl (C=O) groups excluding carboxylic acids is 2. The molecule has 0 amide bonds. The highest BCUT2D eigenvalue weighted by Crippen LogP contribution is 2.53. The Hall–Kier alpha value is -17.0. The molecule has 1 aliphatic rings. The second-order valence-electron chi connectivity index (χ2n) is 34.0. The second-order valence-corrected chi connectivity index (χ2v) is 36.2. The summed E-state index contributed by atoms with van der Waals surface area (Å²) < 4.78 is 55.9. The number of rotatable bonds is 31. The molecule has 4 aromatic heterocycles. The SMILES string of the molecule is CCCC(=O)C(C(=O)OCC)=C1c2cc(-c3ccc(-c4ccc(-n5c6ccc(N(c7ccc(OC)cc7)c7ccc(OC)cc7)cc6c6cc(N(c7ccc(OC)cc7)c7ccc(OC)cc7)ccc65)cc4)s3)ccc2-c2ccc(-c3ccc(-c4ccc(-n5c6ccc(N(c7ccc(OC)cc7)c7ccc(OC)cc7)cc6c6cc(N(c7ccc(OC)cc7)c7ccc(OC)cc7)ccc65)cc4)s3)cc21. The van der Waals surface area contributed by atoms with Crippen molar-refractivity contribution in [3.63, 3.8) is 0 Å². The van der Waals surface area contributed by atoms with E-state index in [-0.39, 0.29) is 24.4 Å². The highest BCUT2D eigenvalue weighted by molar-refractivity contribution is 7.19. The zero-order valence-corrected chi connectivity index (χ0v) is 80.5. The van der Waals surface area contributed by atoms with Gasteiger partial charge in [0.25, 0.3) is 0 Å². The number of benzene rings is 16. The molecule has 690 valence electrons. The second kappa shape index (κ2) is 38.6. The number of esters is 1. The number of Topliss-reactive ketones (excluding diaryl/α,β-unsaturated/α-hetero) is 1. The first-order valence-corrected chi connectivity index (χ1v) is 48.0. The van der Waals surface area contributed by atoms with Crippen LogP contribution in [0.3, 0.4) is 0 Å². The van der Waals surface area contributed by atoms with Gasteiger partial charge in [-0.2, -0.15) is 0 Å². The van der Waals surface area contributed by atoms with Crippen molar-refractivity contribution in [2.75, 3.05) is 83.1 Å². The van der Waals surface area contributed by atoms with Crippen LogP contribution in [0, 0.1) is 0 Å². The van der Waals surface area contributed by atoms with Crippen LogP contribution in [0.15, 0.2) is 382 Å². The molecule has 17 nitrogen and oxygen atoms in total. The molecule has 20 aromatic rings. The Morgan fingerprint density at radius 3 is 0.707 bits per heavy atom. The van der Waals surface area contributed by atoms with Gasteiger partial charge in [-0.3, -0.25) is 4.79 Å². The third-order valence-corrected chi connectivity index (χ3v) is 28.5. The molecule has 0 spiro atoms. The van der Waals surface area contributed by atoms with E-state index in [1.54, 1.807) is 86.5 Å². The molecule has 0 saturated carbocycles. The Morgan fingerprint density at radius 2 is 0.479 bits per heavy atom. The van der Waals surface area contributed by atoms with Crippen molar-refractivity contribution in [3.8, 4) is 110 Å². The van der Waals surface area contributed by atoms with Crippen LogP contribution in [0.5, 0.6) is 46.0 Å². The zero-order valence-electron chi connectivity index (χ0n) is 78.9. The van der Waals surface area contributed by atoms with Gasteiger partial charge in [0.15, 0.2) is 5.78 Å². The van der Waals surface area contributed by atoms with Crippen LogP contribution in [-0.2, 0) is 14.3 Å². The van der Waals surface area contributed by atoms with E-state index in [9.17, 15) is 9.59 Å². The van der Waals surface area contributed by atoms with E-state index in [4.69, 9.17) is 42.6 Å². The maximum absolute atomic E-state index is 14.8. The molecule has 4 heterocycles. The number of carbonyl (C=O) groups is 2. The molecule has 0 bridgehead atoms. The van der Waals surface area contributed by atoms with E-state index in [2.05, 4.69) is 308 Å². The number of hydrogen-bond acceptors (Lipinski definition) is 17. The van der Waals surface area contributed by atoms with Crippen LogP contribution >= 0.6 is 22.7 Å². The largest absolute Gasteiger partial charge is 0.497 e. The van der Waals surface area contributed by atoms with Crippen LogP contribution < -0.4 is 57.5 Å². The summed E-state index contributed by atoms with van der Waals surface area (Å²) in [6.45, 7) is 3.85. The van der Waals surface area contributed by atoms with E-state index in [1.807, 2.05) is 104 Å². The molecule has 0 atom stereocenters. The van der Waals surface area contributed by atoms with Crippen LogP contribution in [0.2, 0.25) is 0 Å². The summed E-state index contributed by atoms with van der Waals surface area (Å²) in [6.07, 6.45) is 0.726. The summed E-state index contributed by atoms with van der Waals surface area (Å²) in [7, 11) is 13.5. The van der Waals surface area contributed by atoms with Gasteiger partial charge in [0, 0.05) is 133 Å². The minimum absolute atomic E-state index is 0.0662. The van der Waals surface area contributed by atoms with Crippen molar-refractivity contribution in [3.05, 3.63) is 393 Å². The highest BCUT2D eigenvalue weighted by atomic mass is 32.1.